The van der Waals surface area contributed by atoms with Crippen LogP contribution >= 0.6 is 11.6 Å². The fourth-order valence-electron chi connectivity index (χ4n) is 2.00. The average molecular weight is 286 g/mol. The van der Waals surface area contributed by atoms with Crippen LogP contribution in [0.25, 0.3) is 0 Å². The van der Waals surface area contributed by atoms with Gasteiger partial charge in [0.1, 0.15) is 0 Å². The molecule has 0 saturated carbocycles. The second-order valence-corrected chi connectivity index (χ2v) is 5.94. The highest BCUT2D eigenvalue weighted by Gasteiger charge is 2.22. The summed E-state index contributed by atoms with van der Waals surface area (Å²) in [5.41, 5.74) is 6.26. The molecule has 0 aliphatic heterocycles. The quantitative estimate of drug-likeness (QED) is 0.644. The Morgan fingerprint density at radius 3 is 2.63 bits per heavy atom. The van der Waals surface area contributed by atoms with Crippen molar-refractivity contribution in [2.75, 3.05) is 20.1 Å². The Morgan fingerprint density at radius 1 is 1.47 bits per heavy atom. The number of benzene rings is 1. The molecule has 1 aromatic carbocycles. The second kappa shape index (κ2) is 6.32. The first-order chi connectivity index (χ1) is 8.76. The lowest BCUT2D eigenvalue weighted by atomic mass is 9.93. The predicted molar refractivity (Wildman–Crippen MR) is 77.3 cm³/mol. The van der Waals surface area contributed by atoms with Crippen LogP contribution in [0, 0.1) is 15.5 Å². The summed E-state index contributed by atoms with van der Waals surface area (Å²) in [6.45, 7) is 5.85. The van der Waals surface area contributed by atoms with Crippen LogP contribution in [-0.4, -0.2) is 30.0 Å². The minimum atomic E-state index is -0.400. The molecule has 2 N–H and O–H groups in total. The fraction of sp³-hybridized carbons (Fsp3) is 0.538. The molecule has 0 heterocycles. The third-order valence-electron chi connectivity index (χ3n) is 2.97. The highest BCUT2D eigenvalue weighted by molar-refractivity contribution is 6.31. The van der Waals surface area contributed by atoms with Gasteiger partial charge in [0.2, 0.25) is 0 Å². The van der Waals surface area contributed by atoms with Gasteiger partial charge >= 0.3 is 0 Å². The number of halogens is 1. The van der Waals surface area contributed by atoms with Gasteiger partial charge in [-0.1, -0.05) is 31.5 Å². The molecule has 0 amide bonds. The van der Waals surface area contributed by atoms with Crippen molar-refractivity contribution in [3.05, 3.63) is 38.9 Å². The summed E-state index contributed by atoms with van der Waals surface area (Å²) in [5, 5.41) is 11.4. The first kappa shape index (κ1) is 15.9. The maximum atomic E-state index is 11.0. The number of nitrogens with two attached hydrogens (primary N) is 1. The van der Waals surface area contributed by atoms with E-state index in [4.69, 9.17) is 17.3 Å². The molecule has 1 rings (SSSR count). The fourth-order valence-corrected chi connectivity index (χ4v) is 2.23. The largest absolute Gasteiger partial charge is 0.330 e. The summed E-state index contributed by atoms with van der Waals surface area (Å²) < 4.78 is 0. The number of nitrogens with zero attached hydrogens (tertiary/aromatic N) is 2. The SMILES string of the molecule is CN(Cc1c(Cl)cccc1[N+](=O)[O-])CC(C)(C)CN. The summed E-state index contributed by atoms with van der Waals surface area (Å²) >= 11 is 6.07. The Bertz CT molecular complexity index is 463. The minimum Gasteiger partial charge on any atom is -0.330 e. The van der Waals surface area contributed by atoms with Crippen molar-refractivity contribution in [1.82, 2.24) is 4.90 Å². The Labute approximate surface area is 118 Å². The monoisotopic (exact) mass is 285 g/mol. The van der Waals surface area contributed by atoms with E-state index in [1.807, 2.05) is 11.9 Å². The van der Waals surface area contributed by atoms with E-state index < -0.39 is 4.92 Å². The number of hydrogen-bond donors (Lipinski definition) is 1. The van der Waals surface area contributed by atoms with Crippen molar-refractivity contribution >= 4 is 17.3 Å². The third-order valence-corrected chi connectivity index (χ3v) is 3.32. The van der Waals surface area contributed by atoms with Crippen molar-refractivity contribution < 1.29 is 4.92 Å². The van der Waals surface area contributed by atoms with E-state index in [0.29, 0.717) is 23.7 Å². The summed E-state index contributed by atoms with van der Waals surface area (Å²) in [7, 11) is 1.91. The lowest BCUT2D eigenvalue weighted by molar-refractivity contribution is -0.385. The van der Waals surface area contributed by atoms with Gasteiger partial charge in [0.25, 0.3) is 5.69 Å². The molecule has 0 aliphatic carbocycles. The van der Waals surface area contributed by atoms with E-state index >= 15 is 0 Å². The first-order valence-electron chi connectivity index (χ1n) is 6.07. The predicted octanol–water partition coefficient (Wildman–Crippen LogP) is 2.66. The van der Waals surface area contributed by atoms with Crippen LogP contribution in [0.1, 0.15) is 19.4 Å². The smallest absolute Gasteiger partial charge is 0.275 e. The van der Waals surface area contributed by atoms with Gasteiger partial charge in [0, 0.05) is 19.2 Å². The molecule has 5 nitrogen and oxygen atoms in total. The van der Waals surface area contributed by atoms with Crippen LogP contribution in [0.3, 0.4) is 0 Å². The van der Waals surface area contributed by atoms with E-state index in [1.54, 1.807) is 12.1 Å². The maximum Gasteiger partial charge on any atom is 0.275 e. The van der Waals surface area contributed by atoms with Gasteiger partial charge < -0.3 is 10.6 Å². The summed E-state index contributed by atoms with van der Waals surface area (Å²) in [6, 6.07) is 4.74. The van der Waals surface area contributed by atoms with Gasteiger partial charge in [-0.3, -0.25) is 10.1 Å². The lowest BCUT2D eigenvalue weighted by Crippen LogP contribution is -2.36. The number of hydrogen-bond acceptors (Lipinski definition) is 4. The van der Waals surface area contributed by atoms with Crippen LogP contribution in [0.15, 0.2) is 18.2 Å². The third kappa shape index (κ3) is 4.45. The molecule has 1 aromatic rings. The Kier molecular flexibility index (Phi) is 5.29. The molecule has 0 fully saturated rings. The van der Waals surface area contributed by atoms with Crippen molar-refractivity contribution in [2.24, 2.45) is 11.1 Å². The Morgan fingerprint density at radius 2 is 2.11 bits per heavy atom. The van der Waals surface area contributed by atoms with E-state index in [2.05, 4.69) is 13.8 Å². The maximum absolute atomic E-state index is 11.0. The van der Waals surface area contributed by atoms with Crippen LogP contribution in [0.5, 0.6) is 0 Å². The average Bonchev–Trinajstić information content (AvgIpc) is 2.30. The molecule has 0 aromatic heterocycles. The molecule has 0 unspecified atom stereocenters. The van der Waals surface area contributed by atoms with Crippen molar-refractivity contribution in [2.45, 2.75) is 20.4 Å². The van der Waals surface area contributed by atoms with E-state index in [0.717, 1.165) is 6.54 Å². The van der Waals surface area contributed by atoms with Gasteiger partial charge in [-0.2, -0.15) is 0 Å². The Balaban J connectivity index is 2.90. The van der Waals surface area contributed by atoms with Crippen LogP contribution < -0.4 is 5.73 Å². The Hall–Kier alpha value is -1.17. The molecule has 0 atom stereocenters. The standard InChI is InChI=1S/C13H20ClN3O2/c1-13(2,8-15)9-16(3)7-10-11(14)5-4-6-12(10)17(18)19/h4-6H,7-9,15H2,1-3H3. The number of nitro benzene ring substituents is 1. The second-order valence-electron chi connectivity index (χ2n) is 5.54. The van der Waals surface area contributed by atoms with Crippen LogP contribution in [0.4, 0.5) is 5.69 Å². The summed E-state index contributed by atoms with van der Waals surface area (Å²) in [6.07, 6.45) is 0. The zero-order valence-electron chi connectivity index (χ0n) is 11.5. The zero-order valence-corrected chi connectivity index (χ0v) is 12.3. The lowest BCUT2D eigenvalue weighted by Gasteiger charge is -2.29. The molecule has 6 heteroatoms. The van der Waals surface area contributed by atoms with E-state index in [1.165, 1.54) is 6.07 Å². The topological polar surface area (TPSA) is 72.4 Å². The van der Waals surface area contributed by atoms with Crippen molar-refractivity contribution in [3.8, 4) is 0 Å². The van der Waals surface area contributed by atoms with Gasteiger partial charge in [-0.15, -0.1) is 0 Å². The number of rotatable bonds is 6. The molecular weight excluding hydrogens is 266 g/mol. The zero-order chi connectivity index (χ0) is 14.6. The molecule has 0 saturated heterocycles. The van der Waals surface area contributed by atoms with Crippen LogP contribution in [0.2, 0.25) is 5.02 Å². The van der Waals surface area contributed by atoms with Gasteiger partial charge in [0.15, 0.2) is 0 Å². The molecule has 106 valence electrons. The van der Waals surface area contributed by atoms with Gasteiger partial charge in [-0.05, 0) is 25.1 Å². The molecule has 0 spiro atoms. The van der Waals surface area contributed by atoms with Crippen LogP contribution in [-0.2, 0) is 6.54 Å². The highest BCUT2D eigenvalue weighted by Crippen LogP contribution is 2.28. The molecule has 0 aliphatic rings. The summed E-state index contributed by atoms with van der Waals surface area (Å²) in [4.78, 5) is 12.6. The number of nitro groups is 1. The van der Waals surface area contributed by atoms with Crippen molar-refractivity contribution in [3.63, 3.8) is 0 Å². The molecule has 0 bridgehead atoms. The van der Waals surface area contributed by atoms with Gasteiger partial charge in [0.05, 0.1) is 15.5 Å². The normalized spacial score (nSPS) is 11.9. The van der Waals surface area contributed by atoms with Crippen molar-refractivity contribution in [1.29, 1.82) is 0 Å². The van der Waals surface area contributed by atoms with E-state index in [9.17, 15) is 10.1 Å². The molecule has 0 radical (unpaired) electrons. The molecule has 19 heavy (non-hydrogen) atoms. The summed E-state index contributed by atoms with van der Waals surface area (Å²) in [5.74, 6) is 0. The van der Waals surface area contributed by atoms with Gasteiger partial charge in [-0.25, -0.2) is 0 Å². The minimum absolute atomic E-state index is 0.0369. The van der Waals surface area contributed by atoms with E-state index in [-0.39, 0.29) is 11.1 Å². The highest BCUT2D eigenvalue weighted by atomic mass is 35.5. The molecular formula is C13H20ClN3O2. The first-order valence-corrected chi connectivity index (χ1v) is 6.45.